The molecule has 0 atom stereocenters. The van der Waals surface area contributed by atoms with Crippen LogP contribution in [-0.4, -0.2) is 5.33 Å². The van der Waals surface area contributed by atoms with E-state index in [1.165, 1.54) is 38.8 Å². The number of halogens is 1. The van der Waals surface area contributed by atoms with Crippen LogP contribution in [0, 0.1) is 0 Å². The summed E-state index contributed by atoms with van der Waals surface area (Å²) in [7, 11) is 0.0869. The maximum atomic E-state index is 3.50. The molecule has 0 spiro atoms. The van der Waals surface area contributed by atoms with Crippen LogP contribution in [0.1, 0.15) is 19.3 Å². The highest BCUT2D eigenvalue weighted by atomic mass is 79.9. The molecule has 0 amide bonds. The first-order valence-corrected chi connectivity index (χ1v) is 10.4. The van der Waals surface area contributed by atoms with Crippen LogP contribution in [0.15, 0.2) is 79.6 Å². The van der Waals surface area contributed by atoms with E-state index in [9.17, 15) is 0 Å². The molecule has 0 N–H and O–H groups in total. The van der Waals surface area contributed by atoms with E-state index in [1.807, 2.05) is 11.8 Å². The van der Waals surface area contributed by atoms with Crippen molar-refractivity contribution in [3.05, 3.63) is 60.0 Å². The Morgan fingerprint density at radius 2 is 1.52 bits per heavy atom. The SMILES string of the molecule is BrCCCCC=C[S+]1c2ccccc2Sc2ccccc21. The van der Waals surface area contributed by atoms with Gasteiger partial charge in [-0.3, -0.25) is 0 Å². The molecule has 2 aromatic carbocycles. The minimum absolute atomic E-state index is 0.0869. The zero-order chi connectivity index (χ0) is 14.5. The van der Waals surface area contributed by atoms with Crippen LogP contribution in [0.5, 0.6) is 0 Å². The van der Waals surface area contributed by atoms with Crippen molar-refractivity contribution in [1.82, 2.24) is 0 Å². The minimum Gasteiger partial charge on any atom is -0.0928 e. The van der Waals surface area contributed by atoms with Crippen molar-refractivity contribution >= 4 is 38.6 Å². The summed E-state index contributed by atoms with van der Waals surface area (Å²) in [6.07, 6.45) is 6.06. The van der Waals surface area contributed by atoms with Crippen molar-refractivity contribution in [1.29, 1.82) is 0 Å². The molecule has 1 heterocycles. The van der Waals surface area contributed by atoms with E-state index in [0.29, 0.717) is 0 Å². The van der Waals surface area contributed by atoms with Gasteiger partial charge in [-0.15, -0.1) is 0 Å². The van der Waals surface area contributed by atoms with Gasteiger partial charge < -0.3 is 0 Å². The summed E-state index contributed by atoms with van der Waals surface area (Å²) in [6.45, 7) is 0. The highest BCUT2D eigenvalue weighted by molar-refractivity contribution is 9.09. The van der Waals surface area contributed by atoms with Gasteiger partial charge >= 0.3 is 0 Å². The Morgan fingerprint density at radius 3 is 2.14 bits per heavy atom. The number of unbranched alkanes of at least 4 members (excludes halogenated alkanes) is 2. The third-order valence-electron chi connectivity index (χ3n) is 3.38. The van der Waals surface area contributed by atoms with E-state index in [0.717, 1.165) is 5.33 Å². The lowest BCUT2D eigenvalue weighted by atomic mass is 10.2. The van der Waals surface area contributed by atoms with Crippen LogP contribution >= 0.6 is 27.7 Å². The molecule has 3 rings (SSSR count). The maximum absolute atomic E-state index is 3.50. The van der Waals surface area contributed by atoms with Crippen molar-refractivity contribution in [2.45, 2.75) is 38.8 Å². The molecule has 0 saturated heterocycles. The molecule has 2 aromatic rings. The fourth-order valence-corrected chi connectivity index (χ4v) is 6.27. The van der Waals surface area contributed by atoms with Gasteiger partial charge in [0.1, 0.15) is 5.41 Å². The van der Waals surface area contributed by atoms with E-state index in [4.69, 9.17) is 0 Å². The molecular formula is C18H18BrS2+. The lowest BCUT2D eigenvalue weighted by molar-refractivity contribution is 0.827. The summed E-state index contributed by atoms with van der Waals surface area (Å²) >= 11 is 5.40. The molecule has 108 valence electrons. The highest BCUT2D eigenvalue weighted by Gasteiger charge is 2.33. The fourth-order valence-electron chi connectivity index (χ4n) is 2.34. The largest absolute Gasteiger partial charge is 0.179 e. The Labute approximate surface area is 142 Å². The second-order valence-electron chi connectivity index (χ2n) is 4.89. The summed E-state index contributed by atoms with van der Waals surface area (Å²) in [6, 6.07) is 17.7. The summed E-state index contributed by atoms with van der Waals surface area (Å²) in [4.78, 5) is 5.75. The van der Waals surface area contributed by atoms with Crippen molar-refractivity contribution < 1.29 is 0 Å². The topological polar surface area (TPSA) is 0 Å². The van der Waals surface area contributed by atoms with E-state index >= 15 is 0 Å². The quantitative estimate of drug-likeness (QED) is 0.336. The molecule has 0 nitrogen and oxygen atoms in total. The van der Waals surface area contributed by atoms with Crippen molar-refractivity contribution in [3.8, 4) is 0 Å². The van der Waals surface area contributed by atoms with Crippen LogP contribution < -0.4 is 0 Å². The van der Waals surface area contributed by atoms with Gasteiger partial charge in [-0.05, 0) is 49.6 Å². The molecule has 21 heavy (non-hydrogen) atoms. The van der Waals surface area contributed by atoms with Crippen LogP contribution in [0.4, 0.5) is 0 Å². The fraction of sp³-hybridized carbons (Fsp3) is 0.222. The van der Waals surface area contributed by atoms with Gasteiger partial charge in [-0.1, -0.05) is 52.0 Å². The third kappa shape index (κ3) is 3.58. The van der Waals surface area contributed by atoms with Gasteiger partial charge in [0.05, 0.1) is 20.7 Å². The lowest BCUT2D eigenvalue weighted by Gasteiger charge is -2.16. The minimum atomic E-state index is 0.0869. The molecule has 0 saturated carbocycles. The Balaban J connectivity index is 1.88. The zero-order valence-electron chi connectivity index (χ0n) is 11.8. The van der Waals surface area contributed by atoms with Crippen molar-refractivity contribution in [2.24, 2.45) is 0 Å². The predicted octanol–water partition coefficient (Wildman–Crippen LogP) is 6.27. The van der Waals surface area contributed by atoms with Crippen LogP contribution in [-0.2, 0) is 10.9 Å². The Hall–Kier alpha value is -0.640. The number of hydrogen-bond donors (Lipinski definition) is 0. The molecular weight excluding hydrogens is 360 g/mol. The van der Waals surface area contributed by atoms with E-state index in [2.05, 4.69) is 75.9 Å². The van der Waals surface area contributed by atoms with Crippen LogP contribution in [0.25, 0.3) is 0 Å². The van der Waals surface area contributed by atoms with Crippen molar-refractivity contribution in [3.63, 3.8) is 0 Å². The summed E-state index contributed by atoms with van der Waals surface area (Å²) in [5.41, 5.74) is 0. The smallest absolute Gasteiger partial charge is 0.0928 e. The lowest BCUT2D eigenvalue weighted by Crippen LogP contribution is -2.07. The molecule has 3 heteroatoms. The van der Waals surface area contributed by atoms with E-state index < -0.39 is 0 Å². The average molecular weight is 378 g/mol. The van der Waals surface area contributed by atoms with E-state index in [-0.39, 0.29) is 10.9 Å². The Kier molecular flexibility index (Phi) is 5.50. The number of hydrogen-bond acceptors (Lipinski definition) is 1. The van der Waals surface area contributed by atoms with Gasteiger partial charge in [0, 0.05) is 5.33 Å². The molecule has 0 fully saturated rings. The van der Waals surface area contributed by atoms with E-state index in [1.54, 1.807) is 0 Å². The first-order chi connectivity index (χ1) is 10.4. The summed E-state index contributed by atoms with van der Waals surface area (Å²) in [5, 5.41) is 3.53. The van der Waals surface area contributed by atoms with Gasteiger partial charge in [-0.2, -0.15) is 0 Å². The zero-order valence-corrected chi connectivity index (χ0v) is 15.0. The van der Waals surface area contributed by atoms with Crippen LogP contribution in [0.3, 0.4) is 0 Å². The number of rotatable bonds is 5. The number of fused-ring (bicyclic) bond motifs is 2. The maximum Gasteiger partial charge on any atom is 0.179 e. The molecule has 1 aliphatic rings. The van der Waals surface area contributed by atoms with Crippen LogP contribution in [0.2, 0.25) is 0 Å². The first kappa shape index (κ1) is 15.3. The molecule has 1 aliphatic heterocycles. The Bertz CT molecular complexity index is 591. The monoisotopic (exact) mass is 377 g/mol. The Morgan fingerprint density at radius 1 is 0.905 bits per heavy atom. The molecule has 0 aliphatic carbocycles. The summed E-state index contributed by atoms with van der Waals surface area (Å²) in [5.74, 6) is 0. The molecule has 0 aromatic heterocycles. The molecule has 0 unspecified atom stereocenters. The summed E-state index contributed by atoms with van der Waals surface area (Å²) < 4.78 is 0. The van der Waals surface area contributed by atoms with Gasteiger partial charge in [0.2, 0.25) is 0 Å². The molecule has 0 bridgehead atoms. The first-order valence-electron chi connectivity index (χ1n) is 7.22. The second-order valence-corrected chi connectivity index (χ2v) is 8.59. The van der Waals surface area contributed by atoms with Gasteiger partial charge in [0.25, 0.3) is 0 Å². The van der Waals surface area contributed by atoms with Gasteiger partial charge in [-0.25, -0.2) is 0 Å². The standard InChI is InChI=1S/C18H18BrS2/c19-13-7-1-2-8-14-21-17-11-5-3-9-15(17)20-16-10-4-6-12-18(16)21/h3-6,8-12,14H,1-2,7,13H2/q+1. The van der Waals surface area contributed by atoms with Gasteiger partial charge in [0.15, 0.2) is 9.79 Å². The second kappa shape index (κ2) is 7.57. The third-order valence-corrected chi connectivity index (χ3v) is 7.47. The number of benzene rings is 2. The predicted molar refractivity (Wildman–Crippen MR) is 97.7 cm³/mol. The molecule has 0 radical (unpaired) electrons. The number of alkyl halides is 1. The van der Waals surface area contributed by atoms with Crippen molar-refractivity contribution in [2.75, 3.05) is 5.33 Å². The normalized spacial score (nSPS) is 14.1. The number of allylic oxidation sites excluding steroid dienone is 1. The average Bonchev–Trinajstić information content (AvgIpc) is 2.53. The highest BCUT2D eigenvalue weighted by Crippen LogP contribution is 2.45.